The molecule has 4 aliphatic heterocycles. The van der Waals surface area contributed by atoms with E-state index in [2.05, 4.69) is 10.6 Å². The first kappa shape index (κ1) is 45.1. The van der Waals surface area contributed by atoms with Crippen LogP contribution in [0.4, 0.5) is 10.0 Å². The molecular weight excluding hydrogens is 905 g/mol. The number of imide groups is 2. The number of amides is 6. The van der Waals surface area contributed by atoms with Crippen molar-refractivity contribution in [3.05, 3.63) is 80.5 Å². The van der Waals surface area contributed by atoms with Crippen LogP contribution < -0.4 is 29.6 Å². The third-order valence-electron chi connectivity index (χ3n) is 10.2. The van der Waals surface area contributed by atoms with Gasteiger partial charge in [-0.05, 0) is 35.4 Å². The lowest BCUT2D eigenvalue weighted by atomic mass is 10.1. The van der Waals surface area contributed by atoms with Gasteiger partial charge in [0.15, 0.2) is 23.0 Å². The van der Waals surface area contributed by atoms with E-state index in [0.29, 0.717) is 34.1 Å². The second-order valence-electron chi connectivity index (χ2n) is 14.6. The Morgan fingerprint density at radius 2 is 1.05 bits per heavy atom. The monoisotopic (exact) mass is 944 g/mol. The van der Waals surface area contributed by atoms with E-state index in [1.807, 2.05) is 0 Å². The molecule has 6 amide bonds. The smallest absolute Gasteiger partial charge is 0.265 e. The molecule has 0 bridgehead atoms. The number of benzene rings is 2. The molecule has 0 fully saturated rings. The van der Waals surface area contributed by atoms with Crippen molar-refractivity contribution in [3.8, 4) is 23.0 Å². The molecule has 0 saturated heterocycles. The van der Waals surface area contributed by atoms with Crippen molar-refractivity contribution >= 4 is 88.2 Å². The van der Waals surface area contributed by atoms with E-state index < -0.39 is 67.3 Å². The molecule has 0 aliphatic carbocycles. The quantitative estimate of drug-likeness (QED) is 0.182. The van der Waals surface area contributed by atoms with Crippen LogP contribution in [-0.2, 0) is 29.6 Å². The van der Waals surface area contributed by atoms with Crippen LogP contribution in [0.5, 0.6) is 23.0 Å². The zero-order valence-electron chi connectivity index (χ0n) is 34.4. The topological polar surface area (TPSA) is 245 Å². The van der Waals surface area contributed by atoms with Crippen molar-refractivity contribution in [1.82, 2.24) is 18.4 Å². The van der Waals surface area contributed by atoms with E-state index in [4.69, 9.17) is 18.9 Å². The van der Waals surface area contributed by atoms with Gasteiger partial charge in [0.05, 0.1) is 45.8 Å². The summed E-state index contributed by atoms with van der Waals surface area (Å²) < 4.78 is 74.4. The number of carbonyl (C=O) groups excluding carboxylic acids is 6. The lowest BCUT2D eigenvalue weighted by molar-refractivity contribution is -0.116. The van der Waals surface area contributed by atoms with Gasteiger partial charge in [0.25, 0.3) is 23.6 Å². The minimum absolute atomic E-state index is 0.0259. The SMILES string of the molecule is CC(=O)Nc1scc2c1C(=O)N([C@@H](CS(=O)(=O)N(C)C)c1ccc3c(c1)OCO3)C2=O.CCC(=O)Nc1scc2c1C(=O)N([C@H](CS(=O)(=O)N(C)C)c1ccc3c(c1)OCO3)C2=O. The van der Waals surface area contributed by atoms with E-state index in [1.165, 1.54) is 45.9 Å². The number of carbonyl (C=O) groups is 6. The van der Waals surface area contributed by atoms with Crippen LogP contribution in [-0.4, -0.2) is 124 Å². The zero-order chi connectivity index (χ0) is 45.7. The first-order chi connectivity index (χ1) is 29.7. The van der Waals surface area contributed by atoms with Gasteiger partial charge in [-0.2, -0.15) is 0 Å². The van der Waals surface area contributed by atoms with Crippen molar-refractivity contribution in [2.24, 2.45) is 0 Å². The van der Waals surface area contributed by atoms with Gasteiger partial charge in [-0.15, -0.1) is 22.7 Å². The number of sulfonamides is 2. The number of nitrogens with one attached hydrogen (secondary N) is 2. The summed E-state index contributed by atoms with van der Waals surface area (Å²) in [5.41, 5.74) is 1.24. The number of hydrogen-bond donors (Lipinski definition) is 2. The molecule has 334 valence electrons. The zero-order valence-corrected chi connectivity index (χ0v) is 37.7. The van der Waals surface area contributed by atoms with E-state index >= 15 is 0 Å². The Bertz CT molecular complexity index is 2800. The Hall–Kier alpha value is -5.92. The fourth-order valence-corrected chi connectivity index (χ4v) is 10.8. The molecule has 4 aliphatic rings. The molecule has 0 unspecified atom stereocenters. The Balaban J connectivity index is 0.000000189. The predicted molar refractivity (Wildman–Crippen MR) is 228 cm³/mol. The molecule has 63 heavy (non-hydrogen) atoms. The summed E-state index contributed by atoms with van der Waals surface area (Å²) in [7, 11) is -2.07. The summed E-state index contributed by atoms with van der Waals surface area (Å²) in [5.74, 6) is -2.48. The van der Waals surface area contributed by atoms with Crippen LogP contribution in [0.2, 0.25) is 0 Å². The third kappa shape index (κ3) is 8.60. The Kier molecular flexibility index (Phi) is 12.4. The molecule has 4 aromatic rings. The first-order valence-corrected chi connectivity index (χ1v) is 23.9. The average Bonchev–Trinajstić information content (AvgIpc) is 4.09. The maximum absolute atomic E-state index is 13.4. The fourth-order valence-electron chi connectivity index (χ4n) is 6.84. The maximum atomic E-state index is 13.4. The van der Waals surface area contributed by atoms with Crippen LogP contribution in [0.25, 0.3) is 0 Å². The highest BCUT2D eigenvalue weighted by atomic mass is 32.2. The normalized spacial score (nSPS) is 16.0. The number of thiophene rings is 2. The average molecular weight is 945 g/mol. The number of rotatable bonds is 13. The largest absolute Gasteiger partial charge is 0.454 e. The summed E-state index contributed by atoms with van der Waals surface area (Å²) in [4.78, 5) is 78.2. The van der Waals surface area contributed by atoms with Crippen LogP contribution in [0.3, 0.4) is 0 Å². The summed E-state index contributed by atoms with van der Waals surface area (Å²) in [6.45, 7) is 3.02. The second-order valence-corrected chi connectivity index (χ2v) is 20.8. The van der Waals surface area contributed by atoms with Crippen molar-refractivity contribution in [2.45, 2.75) is 32.4 Å². The third-order valence-corrected chi connectivity index (χ3v) is 15.7. The van der Waals surface area contributed by atoms with E-state index in [-0.39, 0.29) is 64.1 Å². The first-order valence-electron chi connectivity index (χ1n) is 18.9. The molecule has 8 rings (SSSR count). The van der Waals surface area contributed by atoms with Gasteiger partial charge < -0.3 is 29.6 Å². The summed E-state index contributed by atoms with van der Waals surface area (Å²) in [5, 5.41) is 8.70. The molecule has 2 aromatic heterocycles. The van der Waals surface area contributed by atoms with Crippen LogP contribution >= 0.6 is 22.7 Å². The van der Waals surface area contributed by atoms with E-state index in [9.17, 15) is 45.6 Å². The number of fused-ring (bicyclic) bond motifs is 4. The Morgan fingerprint density at radius 1 is 0.651 bits per heavy atom. The van der Waals surface area contributed by atoms with Crippen molar-refractivity contribution in [1.29, 1.82) is 0 Å². The Labute approximate surface area is 369 Å². The van der Waals surface area contributed by atoms with Gasteiger partial charge in [-0.3, -0.25) is 38.6 Å². The van der Waals surface area contributed by atoms with Crippen LogP contribution in [0, 0.1) is 0 Å². The molecule has 20 nitrogen and oxygen atoms in total. The van der Waals surface area contributed by atoms with Gasteiger partial charge in [0.1, 0.15) is 10.0 Å². The van der Waals surface area contributed by atoms with Gasteiger partial charge >= 0.3 is 0 Å². The number of hydrogen-bond acceptors (Lipinski definition) is 16. The number of anilines is 2. The van der Waals surface area contributed by atoms with Gasteiger partial charge in [0, 0.05) is 52.3 Å². The minimum atomic E-state index is -3.80. The van der Waals surface area contributed by atoms with Crippen molar-refractivity contribution < 1.29 is 64.6 Å². The van der Waals surface area contributed by atoms with Crippen LogP contribution in [0.15, 0.2) is 47.2 Å². The highest BCUT2D eigenvalue weighted by molar-refractivity contribution is 7.89. The summed E-state index contributed by atoms with van der Waals surface area (Å²) >= 11 is 2.15. The molecule has 2 N–H and O–H groups in total. The second kappa shape index (κ2) is 17.3. The molecule has 24 heteroatoms. The maximum Gasteiger partial charge on any atom is 0.265 e. The number of nitrogens with zero attached hydrogens (tertiary/aromatic N) is 4. The summed E-state index contributed by atoms with van der Waals surface area (Å²) in [6.07, 6.45) is 0.208. The predicted octanol–water partition coefficient (Wildman–Crippen LogP) is 3.72. The molecular formula is C39H40N6O14S4. The summed E-state index contributed by atoms with van der Waals surface area (Å²) in [6, 6.07) is 7.35. The lowest BCUT2D eigenvalue weighted by Gasteiger charge is -2.28. The molecule has 6 heterocycles. The highest BCUT2D eigenvalue weighted by Gasteiger charge is 2.47. The molecule has 0 radical (unpaired) electrons. The van der Waals surface area contributed by atoms with Crippen LogP contribution in [0.1, 0.15) is 84.9 Å². The fraction of sp³-hybridized carbons (Fsp3) is 0.333. The van der Waals surface area contributed by atoms with Gasteiger partial charge in [0.2, 0.25) is 45.4 Å². The van der Waals surface area contributed by atoms with Gasteiger partial charge in [-0.1, -0.05) is 19.1 Å². The molecule has 2 aromatic carbocycles. The van der Waals surface area contributed by atoms with Gasteiger partial charge in [-0.25, -0.2) is 25.4 Å². The Morgan fingerprint density at radius 3 is 1.43 bits per heavy atom. The van der Waals surface area contributed by atoms with E-state index in [0.717, 1.165) is 41.1 Å². The number of ether oxygens (including phenoxy) is 4. The standard InChI is InChI=1S/C20H21N3O7S2.C19H19N3O7S2/c1-4-16(24)21-18-17-12(8-31-18)19(25)23(20(17)26)13(9-32(27,28)22(2)3)11-5-6-14-15(7-11)30-10-29-14;1-10(23)20-17-16-12(7-30-17)18(24)22(19(16)25)13(8-31(26,27)21(2)3)11-4-5-14-15(6-11)29-9-28-14/h5-8,13H,4,9-10H2,1-3H3,(H,21,24);4-7,13H,8-9H2,1-3H3,(H,20,23)/t2*13-/m10/s1. The van der Waals surface area contributed by atoms with Crippen molar-refractivity contribution in [3.63, 3.8) is 0 Å². The van der Waals surface area contributed by atoms with E-state index in [1.54, 1.807) is 43.3 Å². The lowest BCUT2D eigenvalue weighted by Crippen LogP contribution is -2.40. The molecule has 0 saturated carbocycles. The minimum Gasteiger partial charge on any atom is -0.454 e. The van der Waals surface area contributed by atoms with Crippen molar-refractivity contribution in [2.75, 3.05) is 63.9 Å². The molecule has 0 spiro atoms. The molecule has 2 atom stereocenters. The highest BCUT2D eigenvalue weighted by Crippen LogP contribution is 2.44.